The molecule has 0 saturated heterocycles. The van der Waals surface area contributed by atoms with Crippen molar-refractivity contribution in [3.63, 3.8) is 0 Å². The second kappa shape index (κ2) is 2.59. The summed E-state index contributed by atoms with van der Waals surface area (Å²) < 4.78 is 15.2. The van der Waals surface area contributed by atoms with Gasteiger partial charge in [0.15, 0.2) is 0 Å². The first-order chi connectivity index (χ1) is 5.25. The molecule has 1 heterocycles. The molecule has 0 aliphatic heterocycles. The first-order valence-electron chi connectivity index (χ1n) is 3.59. The predicted octanol–water partition coefficient (Wildman–Crippen LogP) is 2.32. The summed E-state index contributed by atoms with van der Waals surface area (Å²) in [5.74, 6) is 0. The highest BCUT2D eigenvalue weighted by Crippen LogP contribution is 2.34. The van der Waals surface area contributed by atoms with Crippen LogP contribution >= 0.6 is 15.9 Å². The highest BCUT2D eigenvalue weighted by molar-refractivity contribution is 9.10. The Morgan fingerprint density at radius 1 is 1.64 bits per heavy atom. The Morgan fingerprint density at radius 2 is 2.36 bits per heavy atom. The molecule has 0 amide bonds. The highest BCUT2D eigenvalue weighted by Gasteiger charge is 2.30. The van der Waals surface area contributed by atoms with Crippen molar-refractivity contribution in [2.45, 2.75) is 25.1 Å². The lowest BCUT2D eigenvalue weighted by atomic mass is 9.91. The molecular weight excluding hydrogens is 211 g/mol. The summed E-state index contributed by atoms with van der Waals surface area (Å²) in [6.45, 7) is 0. The Balaban J connectivity index is 2.07. The molecule has 1 aliphatic rings. The van der Waals surface area contributed by atoms with Crippen LogP contribution in [0.1, 0.15) is 18.9 Å². The van der Waals surface area contributed by atoms with Crippen LogP contribution in [0, 0.1) is 0 Å². The smallest absolute Gasteiger partial charge is 0.104 e. The maximum atomic E-state index is 12.4. The average molecular weight is 219 g/mol. The van der Waals surface area contributed by atoms with Gasteiger partial charge in [0.25, 0.3) is 0 Å². The van der Waals surface area contributed by atoms with Crippen LogP contribution in [0.15, 0.2) is 16.9 Å². The van der Waals surface area contributed by atoms with E-state index in [2.05, 4.69) is 21.0 Å². The van der Waals surface area contributed by atoms with Gasteiger partial charge in [0.05, 0.1) is 16.7 Å². The van der Waals surface area contributed by atoms with Crippen molar-refractivity contribution >= 4 is 15.9 Å². The van der Waals surface area contributed by atoms with Gasteiger partial charge in [-0.1, -0.05) is 0 Å². The molecule has 11 heavy (non-hydrogen) atoms. The minimum Gasteiger partial charge on any atom is -0.268 e. The van der Waals surface area contributed by atoms with Crippen molar-refractivity contribution in [3.05, 3.63) is 16.9 Å². The van der Waals surface area contributed by atoms with Gasteiger partial charge in [-0.15, -0.1) is 0 Å². The van der Waals surface area contributed by atoms with Gasteiger partial charge in [-0.2, -0.15) is 5.10 Å². The fourth-order valence-electron chi connectivity index (χ4n) is 1.25. The number of alkyl halides is 1. The Kier molecular flexibility index (Phi) is 1.71. The van der Waals surface area contributed by atoms with E-state index in [0.29, 0.717) is 12.8 Å². The molecule has 0 radical (unpaired) electrons. The molecule has 2 nitrogen and oxygen atoms in total. The van der Waals surface area contributed by atoms with Crippen LogP contribution in [0.5, 0.6) is 0 Å². The third-order valence-corrected chi connectivity index (χ3v) is 2.41. The second-order valence-corrected chi connectivity index (χ2v) is 3.78. The highest BCUT2D eigenvalue weighted by atomic mass is 79.9. The van der Waals surface area contributed by atoms with E-state index in [0.717, 1.165) is 4.47 Å². The Morgan fingerprint density at radius 3 is 2.82 bits per heavy atom. The molecule has 0 aromatic carbocycles. The van der Waals surface area contributed by atoms with Crippen LogP contribution in [0.3, 0.4) is 0 Å². The lowest BCUT2D eigenvalue weighted by molar-refractivity contribution is 0.128. The second-order valence-electron chi connectivity index (χ2n) is 2.86. The Bertz CT molecular complexity index is 255. The zero-order valence-corrected chi connectivity index (χ0v) is 7.46. The fourth-order valence-corrected chi connectivity index (χ4v) is 1.55. The van der Waals surface area contributed by atoms with Gasteiger partial charge in [0, 0.05) is 19.0 Å². The standard InChI is InChI=1S/C7H8BrFN2/c8-5-3-10-11(4-5)7-1-6(9)2-7/h3-4,6-7H,1-2H2. The predicted molar refractivity (Wildman–Crippen MR) is 43.1 cm³/mol. The Labute approximate surface area is 72.5 Å². The molecule has 0 atom stereocenters. The summed E-state index contributed by atoms with van der Waals surface area (Å²) in [4.78, 5) is 0. The zero-order chi connectivity index (χ0) is 7.84. The van der Waals surface area contributed by atoms with Gasteiger partial charge < -0.3 is 0 Å². The van der Waals surface area contributed by atoms with Crippen LogP contribution in [0.4, 0.5) is 4.39 Å². The lowest BCUT2D eigenvalue weighted by Crippen LogP contribution is -2.27. The minimum absolute atomic E-state index is 0.288. The number of hydrogen-bond donors (Lipinski definition) is 0. The van der Waals surface area contributed by atoms with E-state index in [9.17, 15) is 4.39 Å². The number of aromatic nitrogens is 2. The third kappa shape index (κ3) is 1.31. The molecule has 0 N–H and O–H groups in total. The normalized spacial score (nSPS) is 30.0. The van der Waals surface area contributed by atoms with Gasteiger partial charge in [0.1, 0.15) is 6.17 Å². The van der Waals surface area contributed by atoms with E-state index in [4.69, 9.17) is 0 Å². The SMILES string of the molecule is FC1CC(n2cc(Br)cn2)C1. The topological polar surface area (TPSA) is 17.8 Å². The summed E-state index contributed by atoms with van der Waals surface area (Å²) in [5, 5.41) is 4.08. The van der Waals surface area contributed by atoms with Gasteiger partial charge in [-0.05, 0) is 15.9 Å². The van der Waals surface area contributed by atoms with Crippen molar-refractivity contribution in [1.29, 1.82) is 0 Å². The maximum Gasteiger partial charge on any atom is 0.104 e. The van der Waals surface area contributed by atoms with Crippen LogP contribution in [0.2, 0.25) is 0 Å². The van der Waals surface area contributed by atoms with Crippen molar-refractivity contribution in [2.75, 3.05) is 0 Å². The summed E-state index contributed by atoms with van der Waals surface area (Å²) in [7, 11) is 0. The van der Waals surface area contributed by atoms with Crippen LogP contribution in [-0.4, -0.2) is 16.0 Å². The largest absolute Gasteiger partial charge is 0.268 e. The molecule has 0 spiro atoms. The molecular formula is C7H8BrFN2. The van der Waals surface area contributed by atoms with E-state index >= 15 is 0 Å². The first kappa shape index (κ1) is 7.28. The summed E-state index contributed by atoms with van der Waals surface area (Å²) in [5.41, 5.74) is 0. The van der Waals surface area contributed by atoms with E-state index in [1.54, 1.807) is 6.20 Å². The molecule has 1 saturated carbocycles. The number of halogens is 2. The first-order valence-corrected chi connectivity index (χ1v) is 4.39. The number of hydrogen-bond acceptors (Lipinski definition) is 1. The van der Waals surface area contributed by atoms with Crippen molar-refractivity contribution < 1.29 is 4.39 Å². The summed E-state index contributed by atoms with van der Waals surface area (Å²) in [6.07, 6.45) is 4.24. The zero-order valence-electron chi connectivity index (χ0n) is 5.87. The van der Waals surface area contributed by atoms with Gasteiger partial charge in [0.2, 0.25) is 0 Å². The van der Waals surface area contributed by atoms with Crippen LogP contribution in [0.25, 0.3) is 0 Å². The minimum atomic E-state index is -0.608. The summed E-state index contributed by atoms with van der Waals surface area (Å²) >= 11 is 3.29. The van der Waals surface area contributed by atoms with Crippen molar-refractivity contribution in [2.24, 2.45) is 0 Å². The van der Waals surface area contributed by atoms with Gasteiger partial charge in [-0.25, -0.2) is 4.39 Å². The van der Waals surface area contributed by atoms with E-state index in [-0.39, 0.29) is 6.04 Å². The van der Waals surface area contributed by atoms with Crippen LogP contribution < -0.4 is 0 Å². The van der Waals surface area contributed by atoms with Crippen molar-refractivity contribution in [3.8, 4) is 0 Å². The third-order valence-electron chi connectivity index (χ3n) is 2.00. The monoisotopic (exact) mass is 218 g/mol. The Hall–Kier alpha value is -0.380. The van der Waals surface area contributed by atoms with E-state index < -0.39 is 6.17 Å². The molecule has 1 aromatic heterocycles. The molecule has 1 fully saturated rings. The number of nitrogens with zero attached hydrogens (tertiary/aromatic N) is 2. The quantitative estimate of drug-likeness (QED) is 0.708. The van der Waals surface area contributed by atoms with Gasteiger partial charge in [-0.3, -0.25) is 4.68 Å². The summed E-state index contributed by atoms with van der Waals surface area (Å²) in [6, 6.07) is 0.288. The van der Waals surface area contributed by atoms with E-state index in [1.807, 2.05) is 10.9 Å². The lowest BCUT2D eigenvalue weighted by Gasteiger charge is -2.29. The van der Waals surface area contributed by atoms with Gasteiger partial charge >= 0.3 is 0 Å². The molecule has 0 bridgehead atoms. The molecule has 0 unspecified atom stereocenters. The number of rotatable bonds is 1. The molecule has 1 aliphatic carbocycles. The molecule has 60 valence electrons. The fraction of sp³-hybridized carbons (Fsp3) is 0.571. The van der Waals surface area contributed by atoms with Crippen LogP contribution in [-0.2, 0) is 0 Å². The maximum absolute atomic E-state index is 12.4. The molecule has 1 aromatic rings. The van der Waals surface area contributed by atoms with Crippen molar-refractivity contribution in [1.82, 2.24) is 9.78 Å². The van der Waals surface area contributed by atoms with E-state index in [1.165, 1.54) is 0 Å². The molecule has 2 rings (SSSR count). The average Bonchev–Trinajstić information content (AvgIpc) is 2.29. The molecule has 4 heteroatoms.